The van der Waals surface area contributed by atoms with Crippen molar-refractivity contribution in [2.75, 3.05) is 29.0 Å². The van der Waals surface area contributed by atoms with E-state index in [1.165, 1.54) is 6.92 Å². The van der Waals surface area contributed by atoms with Crippen LogP contribution in [0.15, 0.2) is 48.5 Å². The van der Waals surface area contributed by atoms with E-state index in [1.807, 2.05) is 13.0 Å². The molecule has 0 saturated carbocycles. The van der Waals surface area contributed by atoms with Crippen molar-refractivity contribution in [1.29, 1.82) is 0 Å². The maximum Gasteiger partial charge on any atom is 0.255 e. The van der Waals surface area contributed by atoms with Gasteiger partial charge in [-0.1, -0.05) is 24.3 Å². The maximum atomic E-state index is 13.0. The molecule has 0 radical (unpaired) electrons. The number of anilines is 2. The van der Waals surface area contributed by atoms with Crippen LogP contribution in [-0.2, 0) is 14.8 Å². The lowest BCUT2D eigenvalue weighted by molar-refractivity contribution is -0.116. The molecule has 0 aliphatic carbocycles. The van der Waals surface area contributed by atoms with Gasteiger partial charge in [0.05, 0.1) is 23.2 Å². The van der Waals surface area contributed by atoms with Crippen LogP contribution in [0.5, 0.6) is 0 Å². The highest BCUT2D eigenvalue weighted by Gasteiger charge is 2.30. The zero-order chi connectivity index (χ0) is 21.9. The molecule has 0 aromatic heterocycles. The van der Waals surface area contributed by atoms with Gasteiger partial charge in [-0.05, 0) is 56.5 Å². The van der Waals surface area contributed by atoms with Crippen molar-refractivity contribution in [2.24, 2.45) is 0 Å². The standard InChI is InChI=1S/C22H27N3O4S/c1-16-9-8-10-18(15-16)25(30(3,28)29)17(2)21(26)23-20-12-5-4-11-19(20)22(27)24-13-6-7-14-24/h4-5,8-12,15,17H,6-7,13-14H2,1-3H3,(H,23,26). The third kappa shape index (κ3) is 4.81. The lowest BCUT2D eigenvalue weighted by Gasteiger charge is -2.28. The first-order valence-corrected chi connectivity index (χ1v) is 11.8. The van der Waals surface area contributed by atoms with Gasteiger partial charge in [0, 0.05) is 13.1 Å². The van der Waals surface area contributed by atoms with E-state index < -0.39 is 22.0 Å². The van der Waals surface area contributed by atoms with E-state index in [-0.39, 0.29) is 5.91 Å². The van der Waals surface area contributed by atoms with Crippen molar-refractivity contribution in [1.82, 2.24) is 4.90 Å². The average molecular weight is 430 g/mol. The van der Waals surface area contributed by atoms with E-state index in [0.29, 0.717) is 30.0 Å². The largest absolute Gasteiger partial charge is 0.339 e. The van der Waals surface area contributed by atoms with Crippen molar-refractivity contribution in [2.45, 2.75) is 32.7 Å². The normalized spacial score (nSPS) is 15.0. The van der Waals surface area contributed by atoms with Gasteiger partial charge >= 0.3 is 0 Å². The van der Waals surface area contributed by atoms with Crippen molar-refractivity contribution in [3.63, 3.8) is 0 Å². The molecule has 0 spiro atoms. The highest BCUT2D eigenvalue weighted by atomic mass is 32.2. The summed E-state index contributed by atoms with van der Waals surface area (Å²) in [6, 6.07) is 12.8. The van der Waals surface area contributed by atoms with Crippen LogP contribution in [0, 0.1) is 6.92 Å². The molecule has 1 unspecified atom stereocenters. The molecule has 8 heteroatoms. The quantitative estimate of drug-likeness (QED) is 0.765. The number of likely N-dealkylation sites (tertiary alicyclic amines) is 1. The second-order valence-electron chi connectivity index (χ2n) is 7.61. The monoisotopic (exact) mass is 429 g/mol. The van der Waals surface area contributed by atoms with E-state index in [1.54, 1.807) is 47.4 Å². The number of hydrogen-bond acceptors (Lipinski definition) is 4. The number of hydrogen-bond donors (Lipinski definition) is 1. The first-order chi connectivity index (χ1) is 14.2. The van der Waals surface area contributed by atoms with Crippen LogP contribution in [0.4, 0.5) is 11.4 Å². The van der Waals surface area contributed by atoms with Crippen LogP contribution in [0.3, 0.4) is 0 Å². The first-order valence-electron chi connectivity index (χ1n) is 9.94. The molecular formula is C22H27N3O4S. The van der Waals surface area contributed by atoms with Crippen molar-refractivity contribution in [3.05, 3.63) is 59.7 Å². The van der Waals surface area contributed by atoms with Gasteiger partial charge in [-0.2, -0.15) is 0 Å². The van der Waals surface area contributed by atoms with Crippen LogP contribution in [-0.4, -0.2) is 50.5 Å². The molecular weight excluding hydrogens is 402 g/mol. The second kappa shape index (κ2) is 8.87. The van der Waals surface area contributed by atoms with Gasteiger partial charge in [0.2, 0.25) is 15.9 Å². The Morgan fingerprint density at radius 1 is 1.07 bits per heavy atom. The van der Waals surface area contributed by atoms with E-state index in [2.05, 4.69) is 5.32 Å². The molecule has 1 N–H and O–H groups in total. The fraction of sp³-hybridized carbons (Fsp3) is 0.364. The Kier molecular flexibility index (Phi) is 6.45. The molecule has 1 fully saturated rings. The molecule has 3 rings (SSSR count). The van der Waals surface area contributed by atoms with E-state index in [9.17, 15) is 18.0 Å². The van der Waals surface area contributed by atoms with Gasteiger partial charge in [-0.25, -0.2) is 8.42 Å². The zero-order valence-electron chi connectivity index (χ0n) is 17.5. The van der Waals surface area contributed by atoms with E-state index in [0.717, 1.165) is 29.0 Å². The predicted molar refractivity (Wildman–Crippen MR) is 118 cm³/mol. The third-order valence-electron chi connectivity index (χ3n) is 5.15. The lowest BCUT2D eigenvalue weighted by atomic mass is 10.1. The summed E-state index contributed by atoms with van der Waals surface area (Å²) in [7, 11) is -3.71. The van der Waals surface area contributed by atoms with Gasteiger partial charge in [0.15, 0.2) is 0 Å². The Balaban J connectivity index is 1.87. The Bertz CT molecular complexity index is 1050. The predicted octanol–water partition coefficient (Wildman–Crippen LogP) is 3.02. The average Bonchev–Trinajstić information content (AvgIpc) is 3.21. The molecule has 2 amide bonds. The summed E-state index contributed by atoms with van der Waals surface area (Å²) >= 11 is 0. The molecule has 0 bridgehead atoms. The Labute approximate surface area is 177 Å². The minimum Gasteiger partial charge on any atom is -0.339 e. The van der Waals surface area contributed by atoms with Crippen molar-refractivity contribution < 1.29 is 18.0 Å². The molecule has 160 valence electrons. The number of carbonyl (C=O) groups is 2. The van der Waals surface area contributed by atoms with Crippen LogP contribution in [0.25, 0.3) is 0 Å². The summed E-state index contributed by atoms with van der Waals surface area (Å²) in [5.41, 5.74) is 2.09. The molecule has 1 heterocycles. The number of benzene rings is 2. The molecule has 1 atom stereocenters. The number of nitrogens with one attached hydrogen (secondary N) is 1. The number of rotatable bonds is 6. The number of nitrogens with zero attached hydrogens (tertiary/aromatic N) is 2. The zero-order valence-corrected chi connectivity index (χ0v) is 18.3. The number of amides is 2. The number of carbonyl (C=O) groups excluding carboxylic acids is 2. The molecule has 1 aliphatic heterocycles. The minimum absolute atomic E-state index is 0.130. The van der Waals surface area contributed by atoms with E-state index in [4.69, 9.17) is 0 Å². The summed E-state index contributed by atoms with van der Waals surface area (Å²) < 4.78 is 26.0. The highest BCUT2D eigenvalue weighted by molar-refractivity contribution is 7.92. The van der Waals surface area contributed by atoms with Gasteiger partial charge in [0.1, 0.15) is 6.04 Å². The van der Waals surface area contributed by atoms with Gasteiger partial charge in [-0.3, -0.25) is 13.9 Å². The fourth-order valence-corrected chi connectivity index (χ4v) is 4.85. The summed E-state index contributed by atoms with van der Waals surface area (Å²) in [4.78, 5) is 27.6. The number of sulfonamides is 1. The van der Waals surface area contributed by atoms with Crippen LogP contribution in [0.1, 0.15) is 35.7 Å². The molecule has 30 heavy (non-hydrogen) atoms. The van der Waals surface area contributed by atoms with Crippen molar-refractivity contribution >= 4 is 33.2 Å². The van der Waals surface area contributed by atoms with Gasteiger partial charge in [-0.15, -0.1) is 0 Å². The van der Waals surface area contributed by atoms with Crippen molar-refractivity contribution in [3.8, 4) is 0 Å². The first kappa shape index (κ1) is 21.8. The topological polar surface area (TPSA) is 86.8 Å². The fourth-order valence-electron chi connectivity index (χ4n) is 3.68. The van der Waals surface area contributed by atoms with Crippen LogP contribution in [0.2, 0.25) is 0 Å². The SMILES string of the molecule is Cc1cccc(N(C(C)C(=O)Nc2ccccc2C(=O)N2CCCC2)S(C)(=O)=O)c1. The Morgan fingerprint density at radius 2 is 1.73 bits per heavy atom. The third-order valence-corrected chi connectivity index (χ3v) is 6.39. The number of aryl methyl sites for hydroxylation is 1. The maximum absolute atomic E-state index is 13.0. The Hall–Kier alpha value is -2.87. The van der Waals surface area contributed by atoms with Crippen LogP contribution < -0.4 is 9.62 Å². The Morgan fingerprint density at radius 3 is 2.37 bits per heavy atom. The summed E-state index contributed by atoms with van der Waals surface area (Å²) in [5.74, 6) is -0.640. The smallest absolute Gasteiger partial charge is 0.255 e. The summed E-state index contributed by atoms with van der Waals surface area (Å²) in [5, 5.41) is 2.76. The van der Waals surface area contributed by atoms with E-state index >= 15 is 0 Å². The molecule has 7 nitrogen and oxygen atoms in total. The summed E-state index contributed by atoms with van der Waals surface area (Å²) in [6.45, 7) is 4.79. The minimum atomic E-state index is -3.71. The molecule has 2 aromatic rings. The van der Waals surface area contributed by atoms with Crippen LogP contribution >= 0.6 is 0 Å². The second-order valence-corrected chi connectivity index (χ2v) is 9.47. The number of para-hydroxylation sites is 1. The summed E-state index contributed by atoms with van der Waals surface area (Å²) in [6.07, 6.45) is 3.01. The molecule has 2 aromatic carbocycles. The van der Waals surface area contributed by atoms with Gasteiger partial charge in [0.25, 0.3) is 5.91 Å². The molecule has 1 saturated heterocycles. The molecule has 1 aliphatic rings. The van der Waals surface area contributed by atoms with Gasteiger partial charge < -0.3 is 10.2 Å². The lowest BCUT2D eigenvalue weighted by Crippen LogP contribution is -2.45. The highest BCUT2D eigenvalue weighted by Crippen LogP contribution is 2.24.